The normalized spacial score (nSPS) is 12.3. The smallest absolute Gasteiger partial charge is 0.123 e. The first-order valence-electron chi connectivity index (χ1n) is 6.83. The van der Waals surface area contributed by atoms with Crippen LogP contribution in [0.15, 0.2) is 66.9 Å². The Labute approximate surface area is 122 Å². The van der Waals surface area contributed by atoms with Gasteiger partial charge in [0.15, 0.2) is 0 Å². The first kappa shape index (κ1) is 13.5. The van der Waals surface area contributed by atoms with E-state index in [2.05, 4.69) is 5.10 Å². The van der Waals surface area contributed by atoms with Crippen LogP contribution in [-0.4, -0.2) is 9.78 Å². The van der Waals surface area contributed by atoms with E-state index in [-0.39, 0.29) is 11.9 Å². The Morgan fingerprint density at radius 2 is 1.71 bits per heavy atom. The Morgan fingerprint density at radius 3 is 2.43 bits per heavy atom. The molecule has 106 valence electrons. The Morgan fingerprint density at radius 1 is 1.00 bits per heavy atom. The number of hydrogen-bond acceptors (Lipinski definition) is 2. The van der Waals surface area contributed by atoms with Gasteiger partial charge in [-0.3, -0.25) is 0 Å². The van der Waals surface area contributed by atoms with Gasteiger partial charge in [-0.1, -0.05) is 30.3 Å². The van der Waals surface area contributed by atoms with Gasteiger partial charge in [-0.05, 0) is 42.3 Å². The molecule has 0 aliphatic rings. The monoisotopic (exact) mass is 281 g/mol. The third-order valence-electron chi connectivity index (χ3n) is 3.38. The van der Waals surface area contributed by atoms with Crippen molar-refractivity contribution in [2.24, 2.45) is 5.73 Å². The molecule has 1 heterocycles. The van der Waals surface area contributed by atoms with Crippen LogP contribution in [0.25, 0.3) is 5.69 Å². The highest BCUT2D eigenvalue weighted by Gasteiger charge is 2.11. The van der Waals surface area contributed by atoms with Crippen LogP contribution in [0, 0.1) is 5.82 Å². The van der Waals surface area contributed by atoms with Crippen molar-refractivity contribution in [2.45, 2.75) is 12.5 Å². The molecule has 3 rings (SSSR count). The molecule has 0 bridgehead atoms. The van der Waals surface area contributed by atoms with Gasteiger partial charge in [0.2, 0.25) is 0 Å². The molecule has 0 amide bonds. The fourth-order valence-electron chi connectivity index (χ4n) is 2.24. The lowest BCUT2D eigenvalue weighted by atomic mass is 10.0. The van der Waals surface area contributed by atoms with Gasteiger partial charge in [-0.15, -0.1) is 0 Å². The van der Waals surface area contributed by atoms with Crippen molar-refractivity contribution in [3.8, 4) is 5.69 Å². The van der Waals surface area contributed by atoms with E-state index in [0.717, 1.165) is 16.9 Å². The van der Waals surface area contributed by atoms with Gasteiger partial charge in [0.1, 0.15) is 5.82 Å². The largest absolute Gasteiger partial charge is 0.322 e. The number of benzene rings is 2. The fraction of sp³-hybridized carbons (Fsp3) is 0.118. The third-order valence-corrected chi connectivity index (χ3v) is 3.38. The number of nitrogens with two attached hydrogens (primary N) is 1. The van der Waals surface area contributed by atoms with Crippen molar-refractivity contribution in [3.63, 3.8) is 0 Å². The molecule has 3 aromatic rings. The van der Waals surface area contributed by atoms with Crippen LogP contribution in [0.3, 0.4) is 0 Å². The van der Waals surface area contributed by atoms with Crippen molar-refractivity contribution in [3.05, 3.63) is 83.9 Å². The van der Waals surface area contributed by atoms with Crippen molar-refractivity contribution in [1.29, 1.82) is 0 Å². The lowest BCUT2D eigenvalue weighted by Gasteiger charge is -2.09. The maximum absolute atomic E-state index is 12.9. The quantitative estimate of drug-likeness (QED) is 0.797. The predicted molar refractivity (Wildman–Crippen MR) is 80.6 cm³/mol. The molecule has 0 saturated heterocycles. The van der Waals surface area contributed by atoms with Crippen LogP contribution < -0.4 is 5.73 Å². The van der Waals surface area contributed by atoms with Crippen LogP contribution >= 0.6 is 0 Å². The standard InChI is InChI=1S/C17H16FN3/c18-14-8-6-13(7-9-14)12-16(19)17-10-11-21(20-17)15-4-2-1-3-5-15/h1-11,16H,12,19H2. The summed E-state index contributed by atoms with van der Waals surface area (Å²) in [5, 5.41) is 4.51. The Hall–Kier alpha value is -2.46. The molecule has 0 radical (unpaired) electrons. The average Bonchev–Trinajstić information content (AvgIpc) is 3.00. The highest BCUT2D eigenvalue weighted by atomic mass is 19.1. The second-order valence-electron chi connectivity index (χ2n) is 4.96. The zero-order valence-electron chi connectivity index (χ0n) is 11.5. The summed E-state index contributed by atoms with van der Waals surface area (Å²) in [7, 11) is 0. The van der Waals surface area contributed by atoms with Crippen LogP contribution in [-0.2, 0) is 6.42 Å². The number of aromatic nitrogens is 2. The molecule has 0 aliphatic carbocycles. The van der Waals surface area contributed by atoms with Gasteiger partial charge in [0.05, 0.1) is 17.4 Å². The van der Waals surface area contributed by atoms with Crippen LogP contribution in [0.1, 0.15) is 17.3 Å². The second kappa shape index (κ2) is 5.89. The summed E-state index contributed by atoms with van der Waals surface area (Å²) < 4.78 is 14.7. The minimum absolute atomic E-state index is 0.208. The van der Waals surface area contributed by atoms with Crippen molar-refractivity contribution in [1.82, 2.24) is 9.78 Å². The van der Waals surface area contributed by atoms with Gasteiger partial charge in [-0.2, -0.15) is 5.10 Å². The van der Waals surface area contributed by atoms with E-state index in [4.69, 9.17) is 5.73 Å². The summed E-state index contributed by atoms with van der Waals surface area (Å²) >= 11 is 0. The predicted octanol–water partition coefficient (Wildman–Crippen LogP) is 3.25. The van der Waals surface area contributed by atoms with Gasteiger partial charge in [0.25, 0.3) is 0 Å². The topological polar surface area (TPSA) is 43.8 Å². The Balaban J connectivity index is 1.75. The van der Waals surface area contributed by atoms with E-state index in [1.54, 1.807) is 16.8 Å². The molecular formula is C17H16FN3. The lowest BCUT2D eigenvalue weighted by molar-refractivity contribution is 0.624. The molecule has 1 aromatic heterocycles. The first-order chi connectivity index (χ1) is 10.2. The van der Waals surface area contributed by atoms with Crippen molar-refractivity contribution in [2.75, 3.05) is 0 Å². The molecule has 0 fully saturated rings. The molecule has 2 N–H and O–H groups in total. The molecule has 0 saturated carbocycles. The average molecular weight is 281 g/mol. The molecule has 1 unspecified atom stereocenters. The van der Waals surface area contributed by atoms with Gasteiger partial charge in [-0.25, -0.2) is 9.07 Å². The van der Waals surface area contributed by atoms with E-state index in [1.807, 2.05) is 42.6 Å². The summed E-state index contributed by atoms with van der Waals surface area (Å²) in [6, 6.07) is 18.0. The maximum Gasteiger partial charge on any atom is 0.123 e. The summed E-state index contributed by atoms with van der Waals surface area (Å²) in [6.45, 7) is 0. The van der Waals surface area contributed by atoms with E-state index < -0.39 is 0 Å². The van der Waals surface area contributed by atoms with Crippen molar-refractivity contribution < 1.29 is 4.39 Å². The van der Waals surface area contributed by atoms with E-state index >= 15 is 0 Å². The number of rotatable bonds is 4. The summed E-state index contributed by atoms with van der Waals surface area (Å²) in [6.07, 6.45) is 2.53. The molecule has 3 nitrogen and oxygen atoms in total. The fourth-order valence-corrected chi connectivity index (χ4v) is 2.24. The molecule has 2 aromatic carbocycles. The third kappa shape index (κ3) is 3.17. The summed E-state index contributed by atoms with van der Waals surface area (Å²) in [5.74, 6) is -0.235. The lowest BCUT2D eigenvalue weighted by Crippen LogP contribution is -2.14. The van der Waals surface area contributed by atoms with E-state index in [1.165, 1.54) is 12.1 Å². The van der Waals surface area contributed by atoms with Crippen molar-refractivity contribution >= 4 is 0 Å². The molecule has 0 spiro atoms. The number of halogens is 1. The van der Waals surface area contributed by atoms with E-state index in [0.29, 0.717) is 6.42 Å². The van der Waals surface area contributed by atoms with Crippen LogP contribution in [0.5, 0.6) is 0 Å². The van der Waals surface area contributed by atoms with E-state index in [9.17, 15) is 4.39 Å². The number of nitrogens with zero attached hydrogens (tertiary/aromatic N) is 2. The minimum Gasteiger partial charge on any atom is -0.322 e. The molecule has 0 aliphatic heterocycles. The maximum atomic E-state index is 12.9. The highest BCUT2D eigenvalue weighted by Crippen LogP contribution is 2.16. The van der Waals surface area contributed by atoms with Crippen LogP contribution in [0.2, 0.25) is 0 Å². The molecule has 4 heteroatoms. The summed E-state index contributed by atoms with van der Waals surface area (Å²) in [4.78, 5) is 0. The molecule has 1 atom stereocenters. The minimum atomic E-state index is -0.235. The Kier molecular flexibility index (Phi) is 3.79. The zero-order valence-corrected chi connectivity index (χ0v) is 11.5. The first-order valence-corrected chi connectivity index (χ1v) is 6.83. The second-order valence-corrected chi connectivity index (χ2v) is 4.96. The van der Waals surface area contributed by atoms with Gasteiger partial charge >= 0.3 is 0 Å². The summed E-state index contributed by atoms with van der Waals surface area (Å²) in [5.41, 5.74) is 9.01. The van der Waals surface area contributed by atoms with Crippen LogP contribution in [0.4, 0.5) is 4.39 Å². The SMILES string of the molecule is NC(Cc1ccc(F)cc1)c1ccn(-c2ccccc2)n1. The molecule has 21 heavy (non-hydrogen) atoms. The zero-order chi connectivity index (χ0) is 14.7. The van der Waals surface area contributed by atoms with Gasteiger partial charge < -0.3 is 5.73 Å². The Bertz CT molecular complexity index is 704. The van der Waals surface area contributed by atoms with Gasteiger partial charge in [0, 0.05) is 6.20 Å². The highest BCUT2D eigenvalue weighted by molar-refractivity contribution is 5.31. The molecular weight excluding hydrogens is 265 g/mol. The number of hydrogen-bond donors (Lipinski definition) is 1. The number of para-hydroxylation sites is 1.